The van der Waals surface area contributed by atoms with Crippen molar-refractivity contribution in [1.29, 1.82) is 0 Å². The van der Waals surface area contributed by atoms with Crippen LogP contribution in [0.15, 0.2) is 30.3 Å². The Morgan fingerprint density at radius 1 is 1.18 bits per heavy atom. The molecule has 0 unspecified atom stereocenters. The zero-order valence-electron chi connectivity index (χ0n) is 9.84. The van der Waals surface area contributed by atoms with Crippen molar-refractivity contribution in [2.45, 2.75) is 31.4 Å². The zero-order chi connectivity index (χ0) is 11.7. The van der Waals surface area contributed by atoms with Gasteiger partial charge in [-0.2, -0.15) is 0 Å². The molecule has 0 aliphatic carbocycles. The number of nitrogens with zero attached hydrogens (tertiary/aromatic N) is 1. The Hall–Kier alpha value is -1.35. The minimum atomic E-state index is 0.0641. The summed E-state index contributed by atoms with van der Waals surface area (Å²) in [5.74, 6) is 0.155. The Labute approximate surface area is 101 Å². The van der Waals surface area contributed by atoms with Crippen LogP contribution in [0, 0.1) is 0 Å². The maximum Gasteiger partial charge on any atom is 0.248 e. The Bertz CT molecular complexity index is 404. The van der Waals surface area contributed by atoms with Gasteiger partial charge in [0.25, 0.3) is 0 Å². The molecule has 0 radical (unpaired) electrons. The number of fused-ring (bicyclic) bond motifs is 1. The second-order valence-electron chi connectivity index (χ2n) is 4.79. The number of piperidine rings is 1. The highest BCUT2D eigenvalue weighted by Crippen LogP contribution is 2.34. The molecule has 2 fully saturated rings. The van der Waals surface area contributed by atoms with Crippen molar-refractivity contribution in [3.63, 3.8) is 0 Å². The molecule has 1 amide bonds. The summed E-state index contributed by atoms with van der Waals surface area (Å²) in [4.78, 5) is 13.8. The summed E-state index contributed by atoms with van der Waals surface area (Å²) in [5.41, 5.74) is 1.19. The van der Waals surface area contributed by atoms with Crippen LogP contribution in [0.25, 0.3) is 0 Å². The topological polar surface area (TPSA) is 29.5 Å². The van der Waals surface area contributed by atoms with Crippen LogP contribution >= 0.6 is 0 Å². The predicted octanol–water partition coefficient (Wildman–Crippen LogP) is 2.14. The van der Waals surface area contributed by atoms with Gasteiger partial charge in [0, 0.05) is 6.54 Å². The fourth-order valence-corrected chi connectivity index (χ4v) is 2.90. The van der Waals surface area contributed by atoms with Gasteiger partial charge < -0.3 is 9.64 Å². The molecule has 3 heteroatoms. The lowest BCUT2D eigenvalue weighted by molar-refractivity contribution is -0.160. The quantitative estimate of drug-likeness (QED) is 0.741. The number of hydrogen-bond donors (Lipinski definition) is 0. The van der Waals surface area contributed by atoms with Gasteiger partial charge in [-0.1, -0.05) is 30.3 Å². The predicted molar refractivity (Wildman–Crippen MR) is 64.5 cm³/mol. The zero-order valence-corrected chi connectivity index (χ0v) is 9.84. The van der Waals surface area contributed by atoms with Gasteiger partial charge in [-0.05, 0) is 24.8 Å². The molecule has 90 valence electrons. The van der Waals surface area contributed by atoms with Gasteiger partial charge in [-0.15, -0.1) is 0 Å². The van der Waals surface area contributed by atoms with E-state index >= 15 is 0 Å². The fourth-order valence-electron chi connectivity index (χ4n) is 2.90. The van der Waals surface area contributed by atoms with Crippen molar-refractivity contribution >= 4 is 5.91 Å². The van der Waals surface area contributed by atoms with Gasteiger partial charge in [0.15, 0.2) is 0 Å². The van der Waals surface area contributed by atoms with Gasteiger partial charge in [-0.25, -0.2) is 0 Å². The van der Waals surface area contributed by atoms with Crippen LogP contribution in [-0.4, -0.2) is 30.0 Å². The molecule has 1 aromatic rings. The highest BCUT2D eigenvalue weighted by atomic mass is 16.5. The van der Waals surface area contributed by atoms with E-state index in [1.54, 1.807) is 0 Å². The van der Waals surface area contributed by atoms with Crippen LogP contribution in [0.3, 0.4) is 0 Å². The molecule has 3 rings (SSSR count). The molecule has 2 heterocycles. The van der Waals surface area contributed by atoms with E-state index in [4.69, 9.17) is 4.74 Å². The monoisotopic (exact) mass is 231 g/mol. The van der Waals surface area contributed by atoms with E-state index in [0.717, 1.165) is 19.4 Å². The summed E-state index contributed by atoms with van der Waals surface area (Å²) >= 11 is 0. The standard InChI is InChI=1S/C14H17NO2/c16-13-10-17-14(11-6-2-1-3-7-11)12-8-4-5-9-15(12)13/h1-3,6-7,12,14H,4-5,8-10H2/t12-,14-/m1/s1. The van der Waals surface area contributed by atoms with Crippen LogP contribution in [0.1, 0.15) is 30.9 Å². The largest absolute Gasteiger partial charge is 0.362 e. The number of ether oxygens (including phenoxy) is 1. The van der Waals surface area contributed by atoms with E-state index in [9.17, 15) is 4.79 Å². The van der Waals surface area contributed by atoms with E-state index in [2.05, 4.69) is 12.1 Å². The Kier molecular flexibility index (Phi) is 2.85. The van der Waals surface area contributed by atoms with Gasteiger partial charge >= 0.3 is 0 Å². The lowest BCUT2D eigenvalue weighted by Gasteiger charge is -2.44. The summed E-state index contributed by atoms with van der Waals surface area (Å²) in [5, 5.41) is 0. The SMILES string of the molecule is O=C1CO[C@H](c2ccccc2)[C@H]2CCCCN12. The average Bonchev–Trinajstić information content (AvgIpc) is 2.41. The summed E-state index contributed by atoms with van der Waals surface area (Å²) in [6.45, 7) is 1.13. The summed E-state index contributed by atoms with van der Waals surface area (Å²) < 4.78 is 5.75. The maximum absolute atomic E-state index is 11.8. The first kappa shape index (κ1) is 10.8. The first-order chi connectivity index (χ1) is 8.36. The molecule has 2 saturated heterocycles. The minimum Gasteiger partial charge on any atom is -0.362 e. The molecule has 0 bridgehead atoms. The normalized spacial score (nSPS) is 28.9. The molecule has 2 aliphatic heterocycles. The Morgan fingerprint density at radius 2 is 2.00 bits per heavy atom. The molecular formula is C14H17NO2. The molecule has 0 spiro atoms. The van der Waals surface area contributed by atoms with E-state index < -0.39 is 0 Å². The van der Waals surface area contributed by atoms with Crippen LogP contribution in [0.2, 0.25) is 0 Å². The van der Waals surface area contributed by atoms with E-state index in [0.29, 0.717) is 0 Å². The molecule has 1 aromatic carbocycles. The molecule has 0 N–H and O–H groups in total. The summed E-state index contributed by atoms with van der Waals surface area (Å²) in [6, 6.07) is 10.5. The summed E-state index contributed by atoms with van der Waals surface area (Å²) in [6.07, 6.45) is 3.45. The van der Waals surface area contributed by atoms with Gasteiger partial charge in [0.2, 0.25) is 5.91 Å². The number of amides is 1. The Morgan fingerprint density at radius 3 is 2.82 bits per heavy atom. The third-order valence-corrected chi connectivity index (χ3v) is 3.73. The lowest BCUT2D eigenvalue weighted by atomic mass is 9.91. The van der Waals surface area contributed by atoms with Crippen LogP contribution < -0.4 is 0 Å². The molecular weight excluding hydrogens is 214 g/mol. The maximum atomic E-state index is 11.8. The Balaban J connectivity index is 1.87. The number of carbonyl (C=O) groups excluding carboxylic acids is 1. The van der Waals surface area contributed by atoms with Crippen molar-refractivity contribution < 1.29 is 9.53 Å². The van der Waals surface area contributed by atoms with Crippen molar-refractivity contribution in [3.8, 4) is 0 Å². The third-order valence-electron chi connectivity index (χ3n) is 3.73. The van der Waals surface area contributed by atoms with Gasteiger partial charge in [0.1, 0.15) is 12.7 Å². The lowest BCUT2D eigenvalue weighted by Crippen LogP contribution is -2.52. The first-order valence-corrected chi connectivity index (χ1v) is 6.32. The second-order valence-corrected chi connectivity index (χ2v) is 4.79. The average molecular weight is 231 g/mol. The number of morpholine rings is 1. The first-order valence-electron chi connectivity index (χ1n) is 6.32. The van der Waals surface area contributed by atoms with Crippen molar-refractivity contribution in [1.82, 2.24) is 4.90 Å². The highest BCUT2D eigenvalue weighted by Gasteiger charge is 2.38. The van der Waals surface area contributed by atoms with Crippen LogP contribution in [-0.2, 0) is 9.53 Å². The fraction of sp³-hybridized carbons (Fsp3) is 0.500. The molecule has 2 aliphatic rings. The van der Waals surface area contributed by atoms with E-state index in [1.165, 1.54) is 12.0 Å². The third kappa shape index (κ3) is 1.95. The van der Waals surface area contributed by atoms with Gasteiger partial charge in [0.05, 0.1) is 6.04 Å². The van der Waals surface area contributed by atoms with E-state index in [1.807, 2.05) is 23.1 Å². The van der Waals surface area contributed by atoms with Crippen molar-refractivity contribution in [2.24, 2.45) is 0 Å². The van der Waals surface area contributed by atoms with Crippen molar-refractivity contribution in [3.05, 3.63) is 35.9 Å². The second kappa shape index (κ2) is 4.49. The molecule has 17 heavy (non-hydrogen) atoms. The number of rotatable bonds is 1. The number of benzene rings is 1. The molecule has 2 atom stereocenters. The molecule has 0 aromatic heterocycles. The smallest absolute Gasteiger partial charge is 0.248 e. The summed E-state index contributed by atoms with van der Waals surface area (Å²) in [7, 11) is 0. The van der Waals surface area contributed by atoms with E-state index in [-0.39, 0.29) is 24.7 Å². The van der Waals surface area contributed by atoms with Crippen molar-refractivity contribution in [2.75, 3.05) is 13.2 Å². The number of hydrogen-bond acceptors (Lipinski definition) is 2. The highest BCUT2D eigenvalue weighted by molar-refractivity contribution is 5.78. The minimum absolute atomic E-state index is 0.0641. The molecule has 3 nitrogen and oxygen atoms in total. The van der Waals surface area contributed by atoms with Crippen LogP contribution in [0.5, 0.6) is 0 Å². The van der Waals surface area contributed by atoms with Crippen LogP contribution in [0.4, 0.5) is 0 Å². The molecule has 0 saturated carbocycles. The number of carbonyl (C=O) groups is 1. The van der Waals surface area contributed by atoms with Gasteiger partial charge in [-0.3, -0.25) is 4.79 Å².